The van der Waals surface area contributed by atoms with Gasteiger partial charge in [0.15, 0.2) is 0 Å². The van der Waals surface area contributed by atoms with Gasteiger partial charge in [-0.1, -0.05) is 64.7 Å². The summed E-state index contributed by atoms with van der Waals surface area (Å²) < 4.78 is 0. The van der Waals surface area contributed by atoms with Crippen LogP contribution in [0.1, 0.15) is 71.1 Å². The summed E-state index contributed by atoms with van der Waals surface area (Å²) in [5.41, 5.74) is 0. The third kappa shape index (κ3) is 14.3. The molecule has 0 heterocycles. The van der Waals surface area contributed by atoms with Crippen LogP contribution in [0.4, 0.5) is 0 Å². The molecule has 0 aliphatic heterocycles. The third-order valence-electron chi connectivity index (χ3n) is 3.47. The zero-order valence-corrected chi connectivity index (χ0v) is 13.4. The van der Waals surface area contributed by atoms with E-state index in [1.54, 1.807) is 5.06 Å². The minimum atomic E-state index is 0.0675. The van der Waals surface area contributed by atoms with Crippen molar-refractivity contribution in [3.8, 4) is 0 Å². The fraction of sp³-hybridized carbons (Fsp3) is 1.00. The van der Waals surface area contributed by atoms with Crippen molar-refractivity contribution in [3.05, 3.63) is 0 Å². The molecule has 4 heteroatoms. The number of hydrogen-bond donors (Lipinski definition) is 2. The molecule has 4 nitrogen and oxygen atoms in total. The van der Waals surface area contributed by atoms with Gasteiger partial charge in [0, 0.05) is 13.1 Å². The van der Waals surface area contributed by atoms with E-state index in [1.165, 1.54) is 57.8 Å². The molecule has 20 heavy (non-hydrogen) atoms. The van der Waals surface area contributed by atoms with E-state index in [0.717, 1.165) is 6.42 Å². The van der Waals surface area contributed by atoms with Gasteiger partial charge in [0.05, 0.1) is 19.8 Å². The molecular weight excluding hydrogens is 254 g/mol. The number of unbranched alkanes of at least 4 members (excludes halogenated alkanes) is 9. The standard InChI is InChI=1S/C16H35NO3/c1-2-3-4-5-6-7-8-9-10-11-16-20-17(12-14-18)13-15-19/h18-19H,2-16H2,1H3. The maximum Gasteiger partial charge on any atom is 0.0685 e. The molecule has 0 rings (SSSR count). The van der Waals surface area contributed by atoms with Crippen molar-refractivity contribution in [1.29, 1.82) is 0 Å². The molecule has 0 amide bonds. The summed E-state index contributed by atoms with van der Waals surface area (Å²) in [5.74, 6) is 0. The van der Waals surface area contributed by atoms with Crippen molar-refractivity contribution in [2.75, 3.05) is 32.9 Å². The first-order valence-corrected chi connectivity index (χ1v) is 8.44. The SMILES string of the molecule is CCCCCCCCCCCCON(CCO)CCO. The zero-order valence-electron chi connectivity index (χ0n) is 13.4. The van der Waals surface area contributed by atoms with Crippen LogP contribution in [-0.2, 0) is 4.84 Å². The zero-order chi connectivity index (χ0) is 14.9. The molecule has 0 aliphatic carbocycles. The Hall–Kier alpha value is -0.160. The van der Waals surface area contributed by atoms with Gasteiger partial charge in [-0.3, -0.25) is 4.84 Å². The Kier molecular flexibility index (Phi) is 16.8. The van der Waals surface area contributed by atoms with Crippen molar-refractivity contribution in [2.45, 2.75) is 71.1 Å². The monoisotopic (exact) mass is 289 g/mol. The van der Waals surface area contributed by atoms with Gasteiger partial charge in [-0.25, -0.2) is 0 Å². The fourth-order valence-electron chi connectivity index (χ4n) is 2.25. The van der Waals surface area contributed by atoms with Crippen LogP contribution in [0, 0.1) is 0 Å². The Morgan fingerprint density at radius 2 is 1.15 bits per heavy atom. The predicted octanol–water partition coefficient (Wildman–Crippen LogP) is 3.13. The number of rotatable bonds is 16. The summed E-state index contributed by atoms with van der Waals surface area (Å²) in [6, 6.07) is 0. The summed E-state index contributed by atoms with van der Waals surface area (Å²) in [6.45, 7) is 4.02. The second kappa shape index (κ2) is 16.9. The predicted molar refractivity (Wildman–Crippen MR) is 83.5 cm³/mol. The molecular formula is C16H35NO3. The van der Waals surface area contributed by atoms with Crippen LogP contribution in [0.2, 0.25) is 0 Å². The quantitative estimate of drug-likeness (QED) is 0.338. The van der Waals surface area contributed by atoms with Gasteiger partial charge in [0.1, 0.15) is 0 Å². The van der Waals surface area contributed by atoms with Crippen molar-refractivity contribution in [1.82, 2.24) is 5.06 Å². The van der Waals surface area contributed by atoms with E-state index in [-0.39, 0.29) is 13.2 Å². The van der Waals surface area contributed by atoms with Gasteiger partial charge in [-0.15, -0.1) is 0 Å². The van der Waals surface area contributed by atoms with Gasteiger partial charge in [0.2, 0.25) is 0 Å². The van der Waals surface area contributed by atoms with Crippen LogP contribution in [-0.4, -0.2) is 48.2 Å². The summed E-state index contributed by atoms with van der Waals surface area (Å²) in [6.07, 6.45) is 13.1. The molecule has 0 aliphatic rings. The van der Waals surface area contributed by atoms with Crippen LogP contribution >= 0.6 is 0 Å². The third-order valence-corrected chi connectivity index (χ3v) is 3.47. The molecule has 0 atom stereocenters. The van der Waals surface area contributed by atoms with Crippen molar-refractivity contribution in [2.24, 2.45) is 0 Å². The average Bonchev–Trinajstić information content (AvgIpc) is 2.45. The topological polar surface area (TPSA) is 52.9 Å². The average molecular weight is 289 g/mol. The Morgan fingerprint density at radius 3 is 1.60 bits per heavy atom. The van der Waals surface area contributed by atoms with E-state index in [1.807, 2.05) is 0 Å². The Balaban J connectivity index is 3.18. The normalized spacial score (nSPS) is 11.4. The van der Waals surface area contributed by atoms with Crippen molar-refractivity contribution >= 4 is 0 Å². The first kappa shape index (κ1) is 19.8. The second-order valence-corrected chi connectivity index (χ2v) is 5.39. The lowest BCUT2D eigenvalue weighted by atomic mass is 10.1. The van der Waals surface area contributed by atoms with Crippen LogP contribution in [0.15, 0.2) is 0 Å². The summed E-state index contributed by atoms with van der Waals surface area (Å²) in [7, 11) is 0. The van der Waals surface area contributed by atoms with E-state index in [9.17, 15) is 0 Å². The van der Waals surface area contributed by atoms with Crippen LogP contribution in [0.3, 0.4) is 0 Å². The van der Waals surface area contributed by atoms with E-state index in [4.69, 9.17) is 15.1 Å². The molecule has 0 fully saturated rings. The van der Waals surface area contributed by atoms with Gasteiger partial charge in [-0.2, -0.15) is 5.06 Å². The molecule has 0 aromatic carbocycles. The highest BCUT2D eigenvalue weighted by atomic mass is 16.7. The summed E-state index contributed by atoms with van der Waals surface area (Å²) in [4.78, 5) is 5.51. The lowest BCUT2D eigenvalue weighted by molar-refractivity contribution is -0.169. The largest absolute Gasteiger partial charge is 0.395 e. The molecule has 0 aromatic heterocycles. The van der Waals surface area contributed by atoms with E-state index >= 15 is 0 Å². The van der Waals surface area contributed by atoms with Gasteiger partial charge >= 0.3 is 0 Å². The summed E-state index contributed by atoms with van der Waals surface area (Å²) >= 11 is 0. The number of hydroxylamine groups is 2. The molecule has 0 radical (unpaired) electrons. The molecule has 0 saturated carbocycles. The van der Waals surface area contributed by atoms with E-state index in [0.29, 0.717) is 19.7 Å². The van der Waals surface area contributed by atoms with Crippen LogP contribution in [0.25, 0.3) is 0 Å². The van der Waals surface area contributed by atoms with Gasteiger partial charge in [-0.05, 0) is 6.42 Å². The molecule has 0 aromatic rings. The maximum absolute atomic E-state index is 8.84. The van der Waals surface area contributed by atoms with Crippen molar-refractivity contribution < 1.29 is 15.1 Å². The molecule has 2 N–H and O–H groups in total. The maximum atomic E-state index is 8.84. The van der Waals surface area contributed by atoms with Crippen LogP contribution < -0.4 is 0 Å². The Bertz CT molecular complexity index is 173. The lowest BCUT2D eigenvalue weighted by Crippen LogP contribution is -2.30. The molecule has 0 bridgehead atoms. The minimum absolute atomic E-state index is 0.0675. The number of nitrogens with zero attached hydrogens (tertiary/aromatic N) is 1. The lowest BCUT2D eigenvalue weighted by Gasteiger charge is -2.19. The number of aliphatic hydroxyl groups is 2. The van der Waals surface area contributed by atoms with E-state index in [2.05, 4.69) is 6.92 Å². The first-order valence-electron chi connectivity index (χ1n) is 8.44. The van der Waals surface area contributed by atoms with Crippen LogP contribution in [0.5, 0.6) is 0 Å². The van der Waals surface area contributed by atoms with Gasteiger partial charge in [0.25, 0.3) is 0 Å². The minimum Gasteiger partial charge on any atom is -0.395 e. The highest BCUT2D eigenvalue weighted by molar-refractivity contribution is 4.48. The van der Waals surface area contributed by atoms with Crippen molar-refractivity contribution in [3.63, 3.8) is 0 Å². The van der Waals surface area contributed by atoms with Gasteiger partial charge < -0.3 is 10.2 Å². The molecule has 0 spiro atoms. The number of hydrogen-bond acceptors (Lipinski definition) is 4. The first-order chi connectivity index (χ1) is 9.85. The highest BCUT2D eigenvalue weighted by Gasteiger charge is 2.03. The number of aliphatic hydroxyl groups excluding tert-OH is 2. The molecule has 0 saturated heterocycles. The Morgan fingerprint density at radius 1 is 0.700 bits per heavy atom. The second-order valence-electron chi connectivity index (χ2n) is 5.39. The molecule has 122 valence electrons. The summed E-state index contributed by atoms with van der Waals surface area (Å²) in [5, 5.41) is 19.3. The molecule has 0 unspecified atom stereocenters. The highest BCUT2D eigenvalue weighted by Crippen LogP contribution is 2.10. The Labute approximate surface area is 125 Å². The smallest absolute Gasteiger partial charge is 0.0685 e. The van der Waals surface area contributed by atoms with E-state index < -0.39 is 0 Å². The fourth-order valence-corrected chi connectivity index (χ4v) is 2.25.